The normalized spacial score (nSPS) is 17.2. The Morgan fingerprint density at radius 2 is 1.96 bits per heavy atom. The number of hydrogen-bond donors (Lipinski definition) is 1. The van der Waals surface area contributed by atoms with E-state index in [-0.39, 0.29) is 5.02 Å². The molecule has 3 rings (SSSR count). The molecule has 0 bridgehead atoms. The average Bonchev–Trinajstić information content (AvgIpc) is 2.97. The van der Waals surface area contributed by atoms with E-state index in [1.807, 2.05) is 0 Å². The first-order chi connectivity index (χ1) is 11.4. The third kappa shape index (κ3) is 4.06. The van der Waals surface area contributed by atoms with Crippen LogP contribution in [0, 0.1) is 0 Å². The summed E-state index contributed by atoms with van der Waals surface area (Å²) in [7, 11) is 0. The number of nitrogens with zero attached hydrogens (tertiary/aromatic N) is 2. The van der Waals surface area contributed by atoms with Gasteiger partial charge in [0.15, 0.2) is 5.75 Å². The van der Waals surface area contributed by atoms with Gasteiger partial charge in [0.25, 0.3) is 0 Å². The first-order valence-electron chi connectivity index (χ1n) is 6.52. The van der Waals surface area contributed by atoms with Gasteiger partial charge in [-0.25, -0.2) is 15.4 Å². The molecule has 0 aliphatic carbocycles. The van der Waals surface area contributed by atoms with Gasteiger partial charge in [-0.3, -0.25) is 4.84 Å². The number of benzene rings is 1. The Morgan fingerprint density at radius 1 is 1.21 bits per heavy atom. The SMILES string of the molecule is FC(F)(F)Oc1ccc([C@@H]2C=C(Oc3cncnc3)NO2)cc1Cl. The molecule has 0 spiro atoms. The first kappa shape index (κ1) is 16.3. The predicted octanol–water partition coefficient (Wildman–Crippen LogP) is 3.52. The summed E-state index contributed by atoms with van der Waals surface area (Å²) in [5.74, 6) is 0.203. The van der Waals surface area contributed by atoms with E-state index in [9.17, 15) is 13.2 Å². The molecule has 1 aromatic heterocycles. The minimum atomic E-state index is -4.81. The van der Waals surface area contributed by atoms with Crippen molar-refractivity contribution in [3.8, 4) is 11.5 Å². The Morgan fingerprint density at radius 3 is 2.62 bits per heavy atom. The van der Waals surface area contributed by atoms with E-state index >= 15 is 0 Å². The minimum absolute atomic E-state index is 0.187. The maximum atomic E-state index is 12.2. The molecular weight excluding hydrogens is 351 g/mol. The van der Waals surface area contributed by atoms with Crippen LogP contribution in [0.4, 0.5) is 13.2 Å². The van der Waals surface area contributed by atoms with E-state index in [1.54, 1.807) is 6.08 Å². The summed E-state index contributed by atoms with van der Waals surface area (Å²) >= 11 is 5.81. The topological polar surface area (TPSA) is 65.5 Å². The Hall–Kier alpha value is -2.52. The van der Waals surface area contributed by atoms with Crippen LogP contribution in [0.15, 0.2) is 48.9 Å². The molecule has 0 amide bonds. The third-order valence-electron chi connectivity index (χ3n) is 2.86. The molecule has 2 aromatic rings. The van der Waals surface area contributed by atoms with Crippen LogP contribution < -0.4 is 15.0 Å². The second-order valence-electron chi connectivity index (χ2n) is 4.59. The number of rotatable bonds is 4. The minimum Gasteiger partial charge on any atom is -0.436 e. The Labute approximate surface area is 138 Å². The zero-order chi connectivity index (χ0) is 17.2. The van der Waals surface area contributed by atoms with Gasteiger partial charge in [0, 0.05) is 6.08 Å². The van der Waals surface area contributed by atoms with E-state index in [0.29, 0.717) is 17.2 Å². The molecule has 1 aromatic carbocycles. The van der Waals surface area contributed by atoms with E-state index in [2.05, 4.69) is 20.2 Å². The number of ether oxygens (including phenoxy) is 2. The maximum absolute atomic E-state index is 12.2. The summed E-state index contributed by atoms with van der Waals surface area (Å²) in [5.41, 5.74) is 3.07. The van der Waals surface area contributed by atoms with Crippen molar-refractivity contribution in [2.75, 3.05) is 0 Å². The lowest BCUT2D eigenvalue weighted by molar-refractivity contribution is -0.274. The van der Waals surface area contributed by atoms with Crippen LogP contribution in [0.5, 0.6) is 11.5 Å². The van der Waals surface area contributed by atoms with Gasteiger partial charge in [0.05, 0.1) is 17.4 Å². The van der Waals surface area contributed by atoms with Gasteiger partial charge in [0.1, 0.15) is 18.2 Å². The van der Waals surface area contributed by atoms with Crippen LogP contribution in [0.3, 0.4) is 0 Å². The quantitative estimate of drug-likeness (QED) is 0.901. The van der Waals surface area contributed by atoms with Crippen molar-refractivity contribution in [1.29, 1.82) is 0 Å². The van der Waals surface area contributed by atoms with Crippen LogP contribution in [-0.4, -0.2) is 16.3 Å². The summed E-state index contributed by atoms with van der Waals surface area (Å²) in [6.45, 7) is 0. The lowest BCUT2D eigenvalue weighted by Crippen LogP contribution is -2.17. The highest BCUT2D eigenvalue weighted by atomic mass is 35.5. The second-order valence-corrected chi connectivity index (χ2v) is 4.99. The summed E-state index contributed by atoms with van der Waals surface area (Å²) < 4.78 is 45.9. The largest absolute Gasteiger partial charge is 0.573 e. The highest BCUT2D eigenvalue weighted by Gasteiger charge is 2.32. The van der Waals surface area contributed by atoms with Crippen molar-refractivity contribution in [2.45, 2.75) is 12.5 Å². The summed E-state index contributed by atoms with van der Waals surface area (Å²) in [5, 5.41) is -0.187. The molecule has 126 valence electrons. The van der Waals surface area contributed by atoms with Gasteiger partial charge in [0.2, 0.25) is 5.88 Å². The average molecular weight is 360 g/mol. The fraction of sp³-hybridized carbons (Fsp3) is 0.143. The molecule has 10 heteroatoms. The fourth-order valence-corrected chi connectivity index (χ4v) is 2.14. The van der Waals surface area contributed by atoms with E-state index in [1.165, 1.54) is 30.9 Å². The Balaban J connectivity index is 1.72. The zero-order valence-corrected chi connectivity index (χ0v) is 12.5. The van der Waals surface area contributed by atoms with E-state index in [0.717, 1.165) is 6.07 Å². The molecule has 0 saturated heterocycles. The molecule has 24 heavy (non-hydrogen) atoms. The second kappa shape index (κ2) is 6.54. The molecule has 1 N–H and O–H groups in total. The van der Waals surface area contributed by atoms with Crippen molar-refractivity contribution < 1.29 is 27.5 Å². The van der Waals surface area contributed by atoms with Crippen molar-refractivity contribution in [3.05, 3.63) is 59.5 Å². The Kier molecular flexibility index (Phi) is 4.45. The molecule has 0 unspecified atom stereocenters. The predicted molar refractivity (Wildman–Crippen MR) is 75.8 cm³/mol. The third-order valence-corrected chi connectivity index (χ3v) is 3.16. The number of halogens is 4. The van der Waals surface area contributed by atoms with Gasteiger partial charge < -0.3 is 9.47 Å². The van der Waals surface area contributed by atoms with Crippen LogP contribution in [0.1, 0.15) is 11.7 Å². The molecule has 0 fully saturated rings. The van der Waals surface area contributed by atoms with E-state index < -0.39 is 18.2 Å². The van der Waals surface area contributed by atoms with Crippen molar-refractivity contribution in [3.63, 3.8) is 0 Å². The van der Waals surface area contributed by atoms with Crippen LogP contribution in [0.25, 0.3) is 0 Å². The fourth-order valence-electron chi connectivity index (χ4n) is 1.91. The van der Waals surface area contributed by atoms with Gasteiger partial charge >= 0.3 is 6.36 Å². The first-order valence-corrected chi connectivity index (χ1v) is 6.90. The highest BCUT2D eigenvalue weighted by Crippen LogP contribution is 2.34. The van der Waals surface area contributed by atoms with E-state index in [4.69, 9.17) is 21.2 Å². The van der Waals surface area contributed by atoms with Crippen LogP contribution >= 0.6 is 11.6 Å². The molecule has 0 radical (unpaired) electrons. The molecule has 0 saturated carbocycles. The number of alkyl halides is 3. The summed E-state index contributed by atoms with van der Waals surface area (Å²) in [4.78, 5) is 12.9. The highest BCUT2D eigenvalue weighted by molar-refractivity contribution is 6.32. The van der Waals surface area contributed by atoms with Crippen LogP contribution in [-0.2, 0) is 4.84 Å². The Bertz CT molecular complexity index is 756. The number of aromatic nitrogens is 2. The lowest BCUT2D eigenvalue weighted by Gasteiger charge is -2.12. The monoisotopic (exact) mass is 359 g/mol. The summed E-state index contributed by atoms with van der Waals surface area (Å²) in [6.07, 6.45) is 0.460. The molecule has 1 aliphatic rings. The van der Waals surface area contributed by atoms with Gasteiger partial charge in [-0.2, -0.15) is 0 Å². The van der Waals surface area contributed by atoms with Gasteiger partial charge in [-0.1, -0.05) is 17.7 Å². The molecule has 1 atom stereocenters. The summed E-state index contributed by atoms with van der Waals surface area (Å²) in [6, 6.07) is 3.84. The number of hydrogen-bond acceptors (Lipinski definition) is 6. The molecule has 1 aliphatic heterocycles. The van der Waals surface area contributed by atoms with Crippen LogP contribution in [0.2, 0.25) is 5.02 Å². The van der Waals surface area contributed by atoms with Gasteiger partial charge in [-0.15, -0.1) is 13.2 Å². The smallest absolute Gasteiger partial charge is 0.436 e. The molecular formula is C14H9ClF3N3O3. The number of nitrogens with one attached hydrogen (secondary N) is 1. The standard InChI is InChI=1S/C14H9ClF3N3O3/c15-10-3-8(1-2-11(10)23-14(16,17)18)12-4-13(21-24-12)22-9-5-19-7-20-6-9/h1-7,12,21H/t12-/m0/s1. The molecule has 2 heterocycles. The van der Waals surface area contributed by atoms with Crippen molar-refractivity contribution >= 4 is 11.6 Å². The maximum Gasteiger partial charge on any atom is 0.573 e. The number of hydroxylamine groups is 1. The molecule has 6 nitrogen and oxygen atoms in total. The van der Waals surface area contributed by atoms with Crippen molar-refractivity contribution in [1.82, 2.24) is 15.4 Å². The van der Waals surface area contributed by atoms with Gasteiger partial charge in [-0.05, 0) is 17.7 Å². The lowest BCUT2D eigenvalue weighted by atomic mass is 10.1. The zero-order valence-electron chi connectivity index (χ0n) is 11.7. The van der Waals surface area contributed by atoms with Crippen molar-refractivity contribution in [2.24, 2.45) is 0 Å².